The number of esters is 1. The van der Waals surface area contributed by atoms with E-state index in [9.17, 15) is 14.3 Å². The molecule has 200 valence electrons. The zero-order chi connectivity index (χ0) is 26.3. The third-order valence-electron chi connectivity index (χ3n) is 6.04. The minimum absolute atomic E-state index is 0.0140. The maximum atomic E-state index is 14.5. The molecule has 2 aromatic rings. The van der Waals surface area contributed by atoms with Gasteiger partial charge in [-0.2, -0.15) is 0 Å². The summed E-state index contributed by atoms with van der Waals surface area (Å²) in [6.07, 6.45) is 9.25. The lowest BCUT2D eigenvalue weighted by atomic mass is 10.0. The summed E-state index contributed by atoms with van der Waals surface area (Å²) in [5, 5.41) is 10.2. The third-order valence-corrected chi connectivity index (χ3v) is 6.04. The van der Waals surface area contributed by atoms with Crippen molar-refractivity contribution in [2.24, 2.45) is 5.92 Å². The van der Waals surface area contributed by atoms with Crippen molar-refractivity contribution in [2.75, 3.05) is 6.61 Å². The molecule has 0 radical (unpaired) electrons. The molecule has 0 aromatic heterocycles. The molecule has 0 aliphatic rings. The summed E-state index contributed by atoms with van der Waals surface area (Å²) in [6.45, 7) is 8.57. The van der Waals surface area contributed by atoms with Crippen molar-refractivity contribution in [2.45, 2.75) is 97.7 Å². The Balaban J connectivity index is 1.76. The minimum Gasteiger partial charge on any atom is -0.494 e. The SMILES string of the molecule is CCCCCCCCCCOc1ccc(OC(=O)c2ccc(O[C@@H](C)[C@H](O)CC(C)C)c(F)c2)cc1. The van der Waals surface area contributed by atoms with Crippen LogP contribution in [0.5, 0.6) is 17.2 Å². The highest BCUT2D eigenvalue weighted by atomic mass is 19.1. The normalized spacial score (nSPS) is 12.9. The Hall–Kier alpha value is -2.60. The van der Waals surface area contributed by atoms with Crippen LogP contribution in [0.4, 0.5) is 4.39 Å². The van der Waals surface area contributed by atoms with E-state index in [4.69, 9.17) is 14.2 Å². The Morgan fingerprint density at radius 1 is 0.889 bits per heavy atom. The Morgan fingerprint density at radius 3 is 2.11 bits per heavy atom. The molecule has 2 aromatic carbocycles. The highest BCUT2D eigenvalue weighted by Gasteiger charge is 2.20. The van der Waals surface area contributed by atoms with Crippen LogP contribution in [-0.2, 0) is 0 Å². The molecule has 0 spiro atoms. The summed E-state index contributed by atoms with van der Waals surface area (Å²) in [4.78, 5) is 12.5. The first kappa shape index (κ1) is 29.6. The van der Waals surface area contributed by atoms with Gasteiger partial charge in [-0.15, -0.1) is 0 Å². The molecule has 2 atom stereocenters. The molecule has 0 saturated carbocycles. The number of rotatable bonds is 17. The first-order valence-corrected chi connectivity index (χ1v) is 13.4. The number of carbonyl (C=O) groups is 1. The number of carbonyl (C=O) groups excluding carboxylic acids is 1. The minimum atomic E-state index is -0.707. The number of unbranched alkanes of at least 4 members (excludes halogenated alkanes) is 7. The van der Waals surface area contributed by atoms with Gasteiger partial charge in [0.2, 0.25) is 0 Å². The van der Waals surface area contributed by atoms with E-state index in [1.165, 1.54) is 57.1 Å². The maximum absolute atomic E-state index is 14.5. The molecule has 0 heterocycles. The molecule has 5 nitrogen and oxygen atoms in total. The number of ether oxygens (including phenoxy) is 3. The lowest BCUT2D eigenvalue weighted by molar-refractivity contribution is 0.0316. The van der Waals surface area contributed by atoms with Crippen molar-refractivity contribution in [3.05, 3.63) is 53.8 Å². The van der Waals surface area contributed by atoms with Crippen LogP contribution in [0.2, 0.25) is 0 Å². The first-order chi connectivity index (χ1) is 17.3. The summed E-state index contributed by atoms with van der Waals surface area (Å²) in [7, 11) is 0. The van der Waals surface area contributed by atoms with E-state index in [1.54, 1.807) is 31.2 Å². The number of benzene rings is 2. The van der Waals surface area contributed by atoms with Gasteiger partial charge < -0.3 is 19.3 Å². The smallest absolute Gasteiger partial charge is 0.343 e. The largest absolute Gasteiger partial charge is 0.494 e. The van der Waals surface area contributed by atoms with Gasteiger partial charge in [-0.1, -0.05) is 65.7 Å². The van der Waals surface area contributed by atoms with E-state index in [2.05, 4.69) is 6.92 Å². The third kappa shape index (κ3) is 11.0. The lowest BCUT2D eigenvalue weighted by Gasteiger charge is -2.22. The average Bonchev–Trinajstić information content (AvgIpc) is 2.84. The predicted molar refractivity (Wildman–Crippen MR) is 141 cm³/mol. The first-order valence-electron chi connectivity index (χ1n) is 13.4. The molecular weight excluding hydrogens is 459 g/mol. The van der Waals surface area contributed by atoms with Crippen LogP contribution in [-0.4, -0.2) is 29.9 Å². The topological polar surface area (TPSA) is 65.0 Å². The van der Waals surface area contributed by atoms with Gasteiger partial charge in [0.1, 0.15) is 17.6 Å². The molecule has 0 aliphatic carbocycles. The van der Waals surface area contributed by atoms with Crippen molar-refractivity contribution >= 4 is 5.97 Å². The van der Waals surface area contributed by atoms with Crippen LogP contribution in [0.1, 0.15) is 95.8 Å². The maximum Gasteiger partial charge on any atom is 0.343 e. The quantitative estimate of drug-likeness (QED) is 0.136. The van der Waals surface area contributed by atoms with Gasteiger partial charge in [0, 0.05) is 0 Å². The molecule has 6 heteroatoms. The number of hydrogen-bond acceptors (Lipinski definition) is 5. The summed E-state index contributed by atoms with van der Waals surface area (Å²) in [6, 6.07) is 10.7. The van der Waals surface area contributed by atoms with E-state index in [0.29, 0.717) is 24.7 Å². The second-order valence-corrected chi connectivity index (χ2v) is 9.85. The van der Waals surface area contributed by atoms with Crippen LogP contribution >= 0.6 is 0 Å². The molecule has 36 heavy (non-hydrogen) atoms. The van der Waals surface area contributed by atoms with Gasteiger partial charge >= 0.3 is 5.97 Å². The average molecular weight is 503 g/mol. The van der Waals surface area contributed by atoms with Crippen molar-refractivity contribution in [1.29, 1.82) is 0 Å². The van der Waals surface area contributed by atoms with Crippen LogP contribution < -0.4 is 14.2 Å². The van der Waals surface area contributed by atoms with E-state index in [0.717, 1.165) is 18.2 Å². The van der Waals surface area contributed by atoms with Crippen LogP contribution in [0, 0.1) is 11.7 Å². The molecule has 0 unspecified atom stereocenters. The highest BCUT2D eigenvalue weighted by molar-refractivity contribution is 5.91. The molecule has 0 aliphatic heterocycles. The Bertz CT molecular complexity index is 897. The van der Waals surface area contributed by atoms with Gasteiger partial charge in [-0.3, -0.25) is 0 Å². The summed E-state index contributed by atoms with van der Waals surface area (Å²) in [5.74, 6) is 0.00628. The molecule has 0 saturated heterocycles. The van der Waals surface area contributed by atoms with Crippen molar-refractivity contribution in [3.8, 4) is 17.2 Å². The Labute approximate surface area is 216 Å². The molecule has 0 fully saturated rings. The summed E-state index contributed by atoms with van der Waals surface area (Å²) >= 11 is 0. The van der Waals surface area contributed by atoms with Crippen molar-refractivity contribution in [1.82, 2.24) is 0 Å². The van der Waals surface area contributed by atoms with Gasteiger partial charge in [-0.05, 0) is 68.1 Å². The van der Waals surface area contributed by atoms with Gasteiger partial charge in [0.05, 0.1) is 18.3 Å². The lowest BCUT2D eigenvalue weighted by Crippen LogP contribution is -2.30. The fourth-order valence-corrected chi connectivity index (χ4v) is 3.87. The predicted octanol–water partition coefficient (Wildman–Crippen LogP) is 7.74. The van der Waals surface area contributed by atoms with Crippen LogP contribution in [0.15, 0.2) is 42.5 Å². The van der Waals surface area contributed by atoms with E-state index in [-0.39, 0.29) is 11.3 Å². The molecule has 2 rings (SSSR count). The van der Waals surface area contributed by atoms with Crippen LogP contribution in [0.25, 0.3) is 0 Å². The number of aliphatic hydroxyl groups excluding tert-OH is 1. The molecule has 1 N–H and O–H groups in total. The fraction of sp³-hybridized carbons (Fsp3) is 0.567. The van der Waals surface area contributed by atoms with E-state index >= 15 is 0 Å². The van der Waals surface area contributed by atoms with E-state index in [1.807, 2.05) is 13.8 Å². The summed E-state index contributed by atoms with van der Waals surface area (Å²) in [5.41, 5.74) is 0.0743. The number of halogens is 1. The monoisotopic (exact) mass is 502 g/mol. The second-order valence-electron chi connectivity index (χ2n) is 9.85. The highest BCUT2D eigenvalue weighted by Crippen LogP contribution is 2.24. The Morgan fingerprint density at radius 2 is 1.50 bits per heavy atom. The van der Waals surface area contributed by atoms with Gasteiger partial charge in [0.15, 0.2) is 11.6 Å². The standard InChI is InChI=1S/C30H43FO5/c1-5-6-7-8-9-10-11-12-19-34-25-14-16-26(17-15-25)36-30(33)24-13-18-29(27(31)21-24)35-23(4)28(32)20-22(2)3/h13-18,21-23,28,32H,5-12,19-20H2,1-4H3/t23-,28+/m0/s1. The number of hydrogen-bond donors (Lipinski definition) is 1. The molecule has 0 amide bonds. The van der Waals surface area contributed by atoms with Crippen LogP contribution in [0.3, 0.4) is 0 Å². The zero-order valence-electron chi connectivity index (χ0n) is 22.3. The fourth-order valence-electron chi connectivity index (χ4n) is 3.87. The van der Waals surface area contributed by atoms with Gasteiger partial charge in [-0.25, -0.2) is 9.18 Å². The van der Waals surface area contributed by atoms with E-state index < -0.39 is 24.0 Å². The Kier molecular flexibility index (Phi) is 13.3. The summed E-state index contributed by atoms with van der Waals surface area (Å²) < 4.78 is 31.2. The van der Waals surface area contributed by atoms with Crippen molar-refractivity contribution < 1.29 is 28.5 Å². The second kappa shape index (κ2) is 16.2. The van der Waals surface area contributed by atoms with Crippen molar-refractivity contribution in [3.63, 3.8) is 0 Å². The molecule has 0 bridgehead atoms. The van der Waals surface area contributed by atoms with Gasteiger partial charge in [0.25, 0.3) is 0 Å². The molecular formula is C30H43FO5. The number of aliphatic hydroxyl groups is 1. The zero-order valence-corrected chi connectivity index (χ0v) is 22.3.